The van der Waals surface area contributed by atoms with E-state index in [-0.39, 0.29) is 0 Å². The minimum atomic E-state index is -0.706. The molecule has 0 fully saturated rings. The summed E-state index contributed by atoms with van der Waals surface area (Å²) in [5.74, 6) is 0.644. The maximum absolute atomic E-state index is 8.27. The van der Waals surface area contributed by atoms with Gasteiger partial charge in [0.25, 0.3) is 0 Å². The number of thiol groups is 1. The minimum Gasteiger partial charge on any atom is -0.378 e. The van der Waals surface area contributed by atoms with Gasteiger partial charge in [-0.1, -0.05) is 11.6 Å². The third-order valence-corrected chi connectivity index (χ3v) is 0.844. The van der Waals surface area contributed by atoms with Crippen LogP contribution in [0.3, 0.4) is 0 Å². The third kappa shape index (κ3) is 4.60. The first-order valence-corrected chi connectivity index (χ1v) is 2.77. The SMILES string of the molecule is OC(Cl)CCS. The second-order valence-corrected chi connectivity index (χ2v) is 1.90. The summed E-state index contributed by atoms with van der Waals surface area (Å²) >= 11 is 8.90. The second kappa shape index (κ2) is 3.78. The monoisotopic (exact) mass is 126 g/mol. The Kier molecular flexibility index (Phi) is 4.16. The predicted octanol–water partition coefficient (Wildman–Crippen LogP) is 0.863. The standard InChI is InChI=1S/C3H7ClOS/c4-3(5)1-2-6/h3,5-6H,1-2H2. The van der Waals surface area contributed by atoms with Crippen LogP contribution in [0.2, 0.25) is 0 Å². The van der Waals surface area contributed by atoms with E-state index in [1.165, 1.54) is 0 Å². The van der Waals surface area contributed by atoms with Crippen LogP contribution < -0.4 is 0 Å². The molecule has 0 spiro atoms. The van der Waals surface area contributed by atoms with Gasteiger partial charge in [0, 0.05) is 0 Å². The van der Waals surface area contributed by atoms with Gasteiger partial charge in [-0.2, -0.15) is 12.6 Å². The normalized spacial score (nSPS) is 14.5. The van der Waals surface area contributed by atoms with Crippen molar-refractivity contribution in [2.75, 3.05) is 5.75 Å². The maximum atomic E-state index is 8.27. The van der Waals surface area contributed by atoms with Gasteiger partial charge in [-0.3, -0.25) is 0 Å². The lowest BCUT2D eigenvalue weighted by Crippen LogP contribution is -1.94. The molecule has 0 aromatic rings. The van der Waals surface area contributed by atoms with Crippen LogP contribution in [-0.4, -0.2) is 16.4 Å². The molecule has 0 radical (unpaired) electrons. The van der Waals surface area contributed by atoms with Gasteiger partial charge in [0.1, 0.15) is 5.56 Å². The van der Waals surface area contributed by atoms with E-state index in [9.17, 15) is 0 Å². The van der Waals surface area contributed by atoms with Crippen LogP contribution >= 0.6 is 24.2 Å². The van der Waals surface area contributed by atoms with Gasteiger partial charge in [-0.25, -0.2) is 0 Å². The van der Waals surface area contributed by atoms with E-state index in [2.05, 4.69) is 12.6 Å². The molecule has 3 heteroatoms. The van der Waals surface area contributed by atoms with Crippen LogP contribution in [0.1, 0.15) is 6.42 Å². The second-order valence-electron chi connectivity index (χ2n) is 0.947. The number of halogens is 1. The van der Waals surface area contributed by atoms with E-state index in [0.29, 0.717) is 12.2 Å². The molecule has 0 bridgehead atoms. The summed E-state index contributed by atoms with van der Waals surface area (Å²) in [5, 5.41) is 8.27. The fourth-order valence-corrected chi connectivity index (χ4v) is 0.612. The fourth-order valence-electron chi connectivity index (χ4n) is 0.107. The van der Waals surface area contributed by atoms with Gasteiger partial charge in [-0.15, -0.1) is 0 Å². The first kappa shape index (κ1) is 6.60. The third-order valence-electron chi connectivity index (χ3n) is 0.367. The van der Waals surface area contributed by atoms with Crippen LogP contribution in [0.15, 0.2) is 0 Å². The molecule has 0 aromatic carbocycles. The Morgan fingerprint density at radius 1 is 1.83 bits per heavy atom. The predicted molar refractivity (Wildman–Crippen MR) is 30.3 cm³/mol. The van der Waals surface area contributed by atoms with E-state index in [4.69, 9.17) is 16.7 Å². The summed E-state index contributed by atoms with van der Waals surface area (Å²) in [6.07, 6.45) is 0.560. The molecule has 1 unspecified atom stereocenters. The topological polar surface area (TPSA) is 20.2 Å². The number of aliphatic hydroxyl groups excluding tert-OH is 1. The van der Waals surface area contributed by atoms with Crippen molar-refractivity contribution in [3.63, 3.8) is 0 Å². The molecule has 0 aliphatic rings. The van der Waals surface area contributed by atoms with Gasteiger partial charge in [0.15, 0.2) is 0 Å². The zero-order valence-electron chi connectivity index (χ0n) is 3.26. The van der Waals surface area contributed by atoms with Crippen LogP contribution in [0.25, 0.3) is 0 Å². The van der Waals surface area contributed by atoms with Gasteiger partial charge in [0.05, 0.1) is 0 Å². The Morgan fingerprint density at radius 2 is 2.33 bits per heavy atom. The molecule has 0 saturated heterocycles. The summed E-state index contributed by atoms with van der Waals surface area (Å²) in [5.41, 5.74) is -0.706. The molecule has 1 atom stereocenters. The summed E-state index contributed by atoms with van der Waals surface area (Å²) in [6, 6.07) is 0. The summed E-state index contributed by atoms with van der Waals surface area (Å²) in [6.45, 7) is 0. The van der Waals surface area contributed by atoms with E-state index >= 15 is 0 Å². The van der Waals surface area contributed by atoms with Crippen molar-refractivity contribution in [2.24, 2.45) is 0 Å². The zero-order chi connectivity index (χ0) is 4.99. The molecule has 0 aliphatic carbocycles. The average molecular weight is 127 g/mol. The van der Waals surface area contributed by atoms with Crippen molar-refractivity contribution in [1.82, 2.24) is 0 Å². The van der Waals surface area contributed by atoms with Crippen LogP contribution in [0, 0.1) is 0 Å². The smallest absolute Gasteiger partial charge is 0.128 e. The Morgan fingerprint density at radius 3 is 2.33 bits per heavy atom. The number of alkyl halides is 1. The van der Waals surface area contributed by atoms with E-state index in [1.807, 2.05) is 0 Å². The number of aliphatic hydroxyl groups is 1. The zero-order valence-corrected chi connectivity index (χ0v) is 4.91. The lowest BCUT2D eigenvalue weighted by Gasteiger charge is -1.92. The molecule has 0 heterocycles. The van der Waals surface area contributed by atoms with E-state index < -0.39 is 5.56 Å². The van der Waals surface area contributed by atoms with Crippen molar-refractivity contribution >= 4 is 24.2 Å². The highest BCUT2D eigenvalue weighted by Crippen LogP contribution is 1.95. The van der Waals surface area contributed by atoms with Gasteiger partial charge in [-0.05, 0) is 12.2 Å². The molecule has 0 aliphatic heterocycles. The summed E-state index contributed by atoms with van der Waals surface area (Å²) in [7, 11) is 0. The van der Waals surface area contributed by atoms with Gasteiger partial charge in [0.2, 0.25) is 0 Å². The lowest BCUT2D eigenvalue weighted by molar-refractivity contribution is 0.254. The molecule has 38 valence electrons. The number of rotatable bonds is 2. The Labute approximate surface area is 47.7 Å². The minimum absolute atomic E-state index is 0.560. The highest BCUT2D eigenvalue weighted by atomic mass is 35.5. The average Bonchev–Trinajstić information content (AvgIpc) is 1.35. The first-order valence-electron chi connectivity index (χ1n) is 1.70. The Hall–Kier alpha value is 0.600. The van der Waals surface area contributed by atoms with Crippen LogP contribution in [-0.2, 0) is 0 Å². The Bertz CT molecular complexity index is 32.0. The van der Waals surface area contributed by atoms with E-state index in [0.717, 1.165) is 0 Å². The quantitative estimate of drug-likeness (QED) is 0.416. The van der Waals surface area contributed by atoms with Crippen molar-refractivity contribution in [3.8, 4) is 0 Å². The molecular formula is C3H7ClOS. The lowest BCUT2D eigenvalue weighted by atomic mass is 10.5. The molecule has 6 heavy (non-hydrogen) atoms. The molecule has 0 amide bonds. The summed E-state index contributed by atoms with van der Waals surface area (Å²) < 4.78 is 0. The largest absolute Gasteiger partial charge is 0.378 e. The molecule has 1 N–H and O–H groups in total. The molecule has 1 nitrogen and oxygen atoms in total. The first-order chi connectivity index (χ1) is 2.77. The highest BCUT2D eigenvalue weighted by Gasteiger charge is 1.90. The Balaban J connectivity index is 2.63. The van der Waals surface area contributed by atoms with Crippen molar-refractivity contribution in [2.45, 2.75) is 12.0 Å². The van der Waals surface area contributed by atoms with Crippen molar-refractivity contribution in [3.05, 3.63) is 0 Å². The molecule has 0 rings (SSSR count). The molecule has 0 saturated carbocycles. The number of hydrogen-bond acceptors (Lipinski definition) is 2. The fraction of sp³-hybridized carbons (Fsp3) is 1.00. The number of hydrogen-bond donors (Lipinski definition) is 2. The van der Waals surface area contributed by atoms with Crippen LogP contribution in [0.5, 0.6) is 0 Å². The van der Waals surface area contributed by atoms with E-state index in [1.54, 1.807) is 0 Å². The van der Waals surface area contributed by atoms with Crippen molar-refractivity contribution in [1.29, 1.82) is 0 Å². The van der Waals surface area contributed by atoms with Gasteiger partial charge >= 0.3 is 0 Å². The van der Waals surface area contributed by atoms with Gasteiger partial charge < -0.3 is 5.11 Å². The van der Waals surface area contributed by atoms with Crippen molar-refractivity contribution < 1.29 is 5.11 Å². The summed E-state index contributed by atoms with van der Waals surface area (Å²) in [4.78, 5) is 0. The highest BCUT2D eigenvalue weighted by molar-refractivity contribution is 7.80. The maximum Gasteiger partial charge on any atom is 0.128 e. The molecule has 0 aromatic heterocycles. The molecular weight excluding hydrogens is 120 g/mol. The van der Waals surface area contributed by atoms with Crippen LogP contribution in [0.4, 0.5) is 0 Å².